The molecule has 1 fully saturated rings. The fourth-order valence-corrected chi connectivity index (χ4v) is 4.62. The third-order valence-electron chi connectivity index (χ3n) is 4.49. The number of cyclic esters (lactones) is 2. The molecule has 1 saturated heterocycles. The lowest BCUT2D eigenvalue weighted by atomic mass is 10.1. The van der Waals surface area contributed by atoms with Gasteiger partial charge >= 0.3 is 11.9 Å². The molecular weight excluding hydrogens is 526 g/mol. The maximum Gasteiger partial charge on any atom is 0.350 e. The third kappa shape index (κ3) is 6.46. The third-order valence-corrected chi connectivity index (χ3v) is 6.54. The monoisotopic (exact) mass is 543 g/mol. The van der Waals surface area contributed by atoms with Gasteiger partial charge in [-0.15, -0.1) is 0 Å². The standard InChI is InChI=1S/C21H18ClNO10S2/c1-21(2)32-19(24)16(20(25)33-21)11-23-15-8-6-13(18(10-15)35(29,30)31)4-3-12-5-7-14(22)9-17(12)34(26,27)28/h3-11,23H,1-2H3,(H,26,27,28)(H,29,30,31). The first-order valence-electron chi connectivity index (χ1n) is 9.57. The second-order valence-electron chi connectivity index (χ2n) is 7.60. The highest BCUT2D eigenvalue weighted by Crippen LogP contribution is 2.27. The zero-order chi connectivity index (χ0) is 26.2. The predicted octanol–water partition coefficient (Wildman–Crippen LogP) is 3.14. The van der Waals surface area contributed by atoms with Crippen molar-refractivity contribution in [1.29, 1.82) is 0 Å². The number of halogens is 1. The molecule has 14 heteroatoms. The van der Waals surface area contributed by atoms with Gasteiger partial charge in [-0.05, 0) is 35.4 Å². The molecule has 35 heavy (non-hydrogen) atoms. The van der Waals surface area contributed by atoms with Crippen LogP contribution in [0, 0.1) is 0 Å². The Hall–Kier alpha value is -3.23. The van der Waals surface area contributed by atoms with E-state index in [1.165, 1.54) is 50.3 Å². The van der Waals surface area contributed by atoms with Crippen LogP contribution in [0.2, 0.25) is 5.02 Å². The summed E-state index contributed by atoms with van der Waals surface area (Å²) in [4.78, 5) is 23.0. The van der Waals surface area contributed by atoms with E-state index in [1.54, 1.807) is 0 Å². The zero-order valence-electron chi connectivity index (χ0n) is 18.1. The summed E-state index contributed by atoms with van der Waals surface area (Å²) in [7, 11) is -9.41. The molecule has 2 aromatic carbocycles. The highest BCUT2D eigenvalue weighted by atomic mass is 35.5. The Morgan fingerprint density at radius 2 is 1.34 bits per heavy atom. The lowest BCUT2D eigenvalue weighted by Gasteiger charge is -2.29. The largest absolute Gasteiger partial charge is 0.419 e. The van der Waals surface area contributed by atoms with Crippen molar-refractivity contribution in [2.45, 2.75) is 29.4 Å². The van der Waals surface area contributed by atoms with Gasteiger partial charge in [-0.1, -0.05) is 35.9 Å². The van der Waals surface area contributed by atoms with Crippen molar-refractivity contribution in [3.63, 3.8) is 0 Å². The Labute approximate surface area is 205 Å². The van der Waals surface area contributed by atoms with E-state index >= 15 is 0 Å². The normalized spacial score (nSPS) is 16.1. The molecular formula is C21H18ClNO10S2. The number of carbonyl (C=O) groups excluding carboxylic acids is 2. The lowest BCUT2D eigenvalue weighted by Crippen LogP contribution is -2.42. The summed E-state index contributed by atoms with van der Waals surface area (Å²) in [6.45, 7) is 2.75. The molecule has 1 aliphatic heterocycles. The van der Waals surface area contributed by atoms with E-state index in [9.17, 15) is 35.5 Å². The molecule has 186 valence electrons. The number of hydrogen-bond donors (Lipinski definition) is 3. The Morgan fingerprint density at radius 3 is 1.86 bits per heavy atom. The quantitative estimate of drug-likeness (QED) is 0.160. The minimum atomic E-state index is -4.77. The Balaban J connectivity index is 1.96. The highest BCUT2D eigenvalue weighted by molar-refractivity contribution is 7.86. The van der Waals surface area contributed by atoms with Crippen LogP contribution in [0.4, 0.5) is 5.69 Å². The average Bonchev–Trinajstić information content (AvgIpc) is 2.70. The molecule has 2 aromatic rings. The summed E-state index contributed by atoms with van der Waals surface area (Å²) in [6.07, 6.45) is 3.36. The lowest BCUT2D eigenvalue weighted by molar-refractivity contribution is -0.222. The number of ether oxygens (including phenoxy) is 2. The van der Waals surface area contributed by atoms with Crippen LogP contribution in [0.3, 0.4) is 0 Å². The van der Waals surface area contributed by atoms with Gasteiger partial charge in [0.1, 0.15) is 9.79 Å². The van der Waals surface area contributed by atoms with Gasteiger partial charge in [0.25, 0.3) is 26.0 Å². The van der Waals surface area contributed by atoms with Crippen LogP contribution in [0.25, 0.3) is 12.2 Å². The smallest absolute Gasteiger partial charge is 0.350 e. The number of rotatable bonds is 6. The molecule has 0 amide bonds. The van der Waals surface area contributed by atoms with Crippen molar-refractivity contribution in [2.24, 2.45) is 0 Å². The van der Waals surface area contributed by atoms with Crippen LogP contribution in [-0.2, 0) is 39.3 Å². The molecule has 0 atom stereocenters. The van der Waals surface area contributed by atoms with Crippen molar-refractivity contribution in [3.05, 3.63) is 64.3 Å². The second kappa shape index (κ2) is 9.43. The van der Waals surface area contributed by atoms with Gasteiger partial charge in [0, 0.05) is 30.8 Å². The minimum Gasteiger partial charge on any atom is -0.419 e. The molecule has 11 nitrogen and oxygen atoms in total. The first-order chi connectivity index (χ1) is 16.1. The van der Waals surface area contributed by atoms with Gasteiger partial charge < -0.3 is 14.8 Å². The van der Waals surface area contributed by atoms with E-state index in [1.807, 2.05) is 0 Å². The number of anilines is 1. The molecule has 1 heterocycles. The van der Waals surface area contributed by atoms with Crippen LogP contribution in [0.15, 0.2) is 58.0 Å². The summed E-state index contributed by atoms with van der Waals surface area (Å²) in [5, 5.41) is 2.61. The molecule has 0 bridgehead atoms. The van der Waals surface area contributed by atoms with Gasteiger partial charge in [-0.3, -0.25) is 9.11 Å². The van der Waals surface area contributed by atoms with Crippen molar-refractivity contribution < 1.29 is 45.0 Å². The summed E-state index contributed by atoms with van der Waals surface area (Å²) in [5.74, 6) is -3.34. The number of benzene rings is 2. The molecule has 1 aliphatic rings. The topological polar surface area (TPSA) is 173 Å². The first-order valence-corrected chi connectivity index (χ1v) is 12.8. The van der Waals surface area contributed by atoms with Crippen molar-refractivity contribution in [1.82, 2.24) is 0 Å². The van der Waals surface area contributed by atoms with E-state index in [4.69, 9.17) is 21.1 Å². The van der Waals surface area contributed by atoms with Gasteiger partial charge in [0.2, 0.25) is 0 Å². The maximum atomic E-state index is 12.0. The number of esters is 2. The molecule has 3 rings (SSSR count). The maximum absolute atomic E-state index is 12.0. The van der Waals surface area contributed by atoms with E-state index in [2.05, 4.69) is 5.32 Å². The van der Waals surface area contributed by atoms with Crippen LogP contribution in [0.5, 0.6) is 0 Å². The van der Waals surface area contributed by atoms with Crippen molar-refractivity contribution >= 4 is 61.6 Å². The first kappa shape index (κ1) is 26.4. The molecule has 0 aromatic heterocycles. The Morgan fingerprint density at radius 1 is 0.857 bits per heavy atom. The number of carbonyl (C=O) groups is 2. The Kier molecular flexibility index (Phi) is 7.11. The van der Waals surface area contributed by atoms with Crippen LogP contribution < -0.4 is 5.32 Å². The molecule has 0 radical (unpaired) electrons. The highest BCUT2D eigenvalue weighted by Gasteiger charge is 2.39. The summed E-state index contributed by atoms with van der Waals surface area (Å²) in [6, 6.07) is 7.32. The Bertz CT molecular complexity index is 1470. The summed E-state index contributed by atoms with van der Waals surface area (Å²) in [5.41, 5.74) is -0.442. The van der Waals surface area contributed by atoms with Crippen LogP contribution in [0.1, 0.15) is 25.0 Å². The van der Waals surface area contributed by atoms with Crippen molar-refractivity contribution in [3.8, 4) is 0 Å². The number of hydrogen-bond acceptors (Lipinski definition) is 9. The van der Waals surface area contributed by atoms with E-state index in [-0.39, 0.29) is 21.8 Å². The minimum absolute atomic E-state index is 0.00219. The summed E-state index contributed by atoms with van der Waals surface area (Å²) < 4.78 is 76.1. The predicted molar refractivity (Wildman–Crippen MR) is 124 cm³/mol. The average molecular weight is 544 g/mol. The number of nitrogens with one attached hydrogen (secondary N) is 1. The van der Waals surface area contributed by atoms with E-state index in [0.717, 1.165) is 18.3 Å². The van der Waals surface area contributed by atoms with Gasteiger partial charge in [0.05, 0.1) is 0 Å². The molecule has 0 saturated carbocycles. The van der Waals surface area contributed by atoms with Crippen LogP contribution >= 0.6 is 11.6 Å². The summed E-state index contributed by atoms with van der Waals surface area (Å²) >= 11 is 5.78. The fourth-order valence-electron chi connectivity index (χ4n) is 2.97. The van der Waals surface area contributed by atoms with Crippen LogP contribution in [-0.4, -0.2) is 43.7 Å². The van der Waals surface area contributed by atoms with Gasteiger partial charge in [-0.25, -0.2) is 9.59 Å². The van der Waals surface area contributed by atoms with Gasteiger partial charge in [0.15, 0.2) is 5.57 Å². The molecule has 0 unspecified atom stereocenters. The molecule has 0 spiro atoms. The van der Waals surface area contributed by atoms with Crippen molar-refractivity contribution in [2.75, 3.05) is 5.32 Å². The van der Waals surface area contributed by atoms with E-state index < -0.39 is 53.3 Å². The molecule has 3 N–H and O–H groups in total. The fraction of sp³-hybridized carbons (Fsp3) is 0.143. The SMILES string of the molecule is CC1(C)OC(=O)C(=CNc2ccc(C=Cc3ccc(Cl)cc3S(=O)(=O)O)c(S(=O)(=O)O)c2)C(=O)O1. The zero-order valence-corrected chi connectivity index (χ0v) is 20.4. The second-order valence-corrected chi connectivity index (χ2v) is 10.8. The molecule has 0 aliphatic carbocycles. The van der Waals surface area contributed by atoms with E-state index in [0.29, 0.717) is 0 Å². The van der Waals surface area contributed by atoms with Gasteiger partial charge in [-0.2, -0.15) is 16.8 Å².